The lowest BCUT2D eigenvalue weighted by atomic mass is 10.1. The van der Waals surface area contributed by atoms with Gasteiger partial charge in [-0.15, -0.1) is 0 Å². The third-order valence-corrected chi connectivity index (χ3v) is 6.61. The molecule has 0 amide bonds. The van der Waals surface area contributed by atoms with E-state index in [0.29, 0.717) is 11.0 Å². The molecule has 4 aromatic rings. The standard InChI is InChI=1S/C17H19N3O3S.C6H9N3O3.Mg/c1-10-8-18-15(11(2)16(10)23-4)9-24(21)17-19-13-6-5-12(22-3)7-14(13)20-17;1-5-7-4-6(9(11)12)8(5)2-3-10;/h5-8H,9H2,1-4H3,(H,19,20);4,10H,2-3H2,1H3;. The van der Waals surface area contributed by atoms with E-state index in [9.17, 15) is 14.3 Å². The zero-order chi connectivity index (χ0) is 26.4. The number of nitro groups is 1. The van der Waals surface area contributed by atoms with E-state index in [1.54, 1.807) is 27.3 Å². The predicted octanol–water partition coefficient (Wildman–Crippen LogP) is 2.61. The summed E-state index contributed by atoms with van der Waals surface area (Å²) >= 11 is 0. The van der Waals surface area contributed by atoms with Crippen molar-refractivity contribution in [3.8, 4) is 11.5 Å². The van der Waals surface area contributed by atoms with Gasteiger partial charge in [0, 0.05) is 53.4 Å². The summed E-state index contributed by atoms with van der Waals surface area (Å²) in [6, 6.07) is 5.50. The average molecular weight is 541 g/mol. The smallest absolute Gasteiger partial charge is 0.342 e. The van der Waals surface area contributed by atoms with Crippen molar-refractivity contribution in [3.63, 3.8) is 0 Å². The van der Waals surface area contributed by atoms with Gasteiger partial charge < -0.3 is 29.7 Å². The molecule has 1 atom stereocenters. The Hall–Kier alpha value is -3.07. The summed E-state index contributed by atoms with van der Waals surface area (Å²) in [5, 5.41) is 19.4. The maximum atomic E-state index is 12.7. The van der Waals surface area contributed by atoms with Gasteiger partial charge in [-0.05, 0) is 30.9 Å². The monoisotopic (exact) mass is 540 g/mol. The van der Waals surface area contributed by atoms with Crippen molar-refractivity contribution in [2.75, 3.05) is 20.8 Å². The molecule has 3 heterocycles. The predicted molar refractivity (Wildman–Crippen MR) is 139 cm³/mol. The van der Waals surface area contributed by atoms with Crippen LogP contribution in [-0.2, 0) is 23.1 Å². The van der Waals surface area contributed by atoms with Crippen molar-refractivity contribution in [1.29, 1.82) is 0 Å². The average Bonchev–Trinajstić information content (AvgIpc) is 3.45. The maximum Gasteiger partial charge on any atom is 0.342 e. The van der Waals surface area contributed by atoms with Crippen molar-refractivity contribution in [1.82, 2.24) is 24.5 Å². The summed E-state index contributed by atoms with van der Waals surface area (Å²) in [4.78, 5) is 25.5. The van der Waals surface area contributed by atoms with Gasteiger partial charge in [0.2, 0.25) is 0 Å². The first-order chi connectivity index (χ1) is 17.2. The fraction of sp³-hybridized carbons (Fsp3) is 0.348. The fourth-order valence-corrected chi connectivity index (χ4v) is 4.69. The summed E-state index contributed by atoms with van der Waals surface area (Å²) in [5.41, 5.74) is 4.16. The zero-order valence-corrected chi connectivity index (χ0v) is 23.6. The van der Waals surface area contributed by atoms with Crippen LogP contribution in [0.1, 0.15) is 22.6 Å². The Balaban J connectivity index is 0.000000314. The zero-order valence-electron chi connectivity index (χ0n) is 21.3. The van der Waals surface area contributed by atoms with E-state index >= 15 is 0 Å². The number of aliphatic hydroxyl groups is 1. The number of aryl methyl sites for hydroxylation is 2. The number of methoxy groups -OCH3 is 2. The second-order valence-electron chi connectivity index (χ2n) is 7.76. The molecule has 2 radical (unpaired) electrons. The molecule has 4 rings (SSSR count). The molecule has 194 valence electrons. The van der Waals surface area contributed by atoms with Crippen LogP contribution in [0.25, 0.3) is 11.0 Å². The molecule has 0 saturated heterocycles. The van der Waals surface area contributed by atoms with Gasteiger partial charge in [-0.2, -0.15) is 0 Å². The highest BCUT2D eigenvalue weighted by atomic mass is 32.2. The number of benzene rings is 1. The number of nitrogens with zero attached hydrogens (tertiary/aromatic N) is 5. The molecule has 0 saturated carbocycles. The summed E-state index contributed by atoms with van der Waals surface area (Å²) in [7, 11) is 1.91. The Morgan fingerprint density at radius 2 is 1.89 bits per heavy atom. The number of H-pyrrole nitrogens is 1. The number of hydrogen-bond donors (Lipinski definition) is 2. The van der Waals surface area contributed by atoms with E-state index in [-0.39, 0.29) is 47.8 Å². The van der Waals surface area contributed by atoms with E-state index in [1.807, 2.05) is 32.0 Å². The van der Waals surface area contributed by atoms with Gasteiger partial charge in [-0.3, -0.25) is 9.19 Å². The largest absolute Gasteiger partial charge is 0.497 e. The van der Waals surface area contributed by atoms with Gasteiger partial charge in [0.25, 0.3) is 0 Å². The first-order valence-electron chi connectivity index (χ1n) is 10.9. The molecule has 14 heteroatoms. The number of ether oxygens (including phenoxy) is 2. The van der Waals surface area contributed by atoms with E-state index in [4.69, 9.17) is 14.6 Å². The van der Waals surface area contributed by atoms with Gasteiger partial charge >= 0.3 is 5.82 Å². The third-order valence-electron chi connectivity index (χ3n) is 5.45. The van der Waals surface area contributed by atoms with Crippen LogP contribution in [0.5, 0.6) is 11.5 Å². The number of fused-ring (bicyclic) bond motifs is 1. The van der Waals surface area contributed by atoms with Gasteiger partial charge in [0.1, 0.15) is 24.2 Å². The quantitative estimate of drug-likeness (QED) is 0.194. The van der Waals surface area contributed by atoms with Gasteiger partial charge in [0.15, 0.2) is 11.0 Å². The van der Waals surface area contributed by atoms with Crippen LogP contribution in [0.4, 0.5) is 5.82 Å². The fourth-order valence-electron chi connectivity index (χ4n) is 3.59. The number of rotatable bonds is 8. The Morgan fingerprint density at radius 3 is 2.51 bits per heavy atom. The molecule has 0 aliphatic heterocycles. The molecule has 0 aliphatic rings. The Kier molecular flexibility index (Phi) is 11.0. The van der Waals surface area contributed by atoms with Crippen molar-refractivity contribution in [2.24, 2.45) is 0 Å². The van der Waals surface area contributed by atoms with Crippen LogP contribution < -0.4 is 9.47 Å². The summed E-state index contributed by atoms with van der Waals surface area (Å²) in [6.07, 6.45) is 2.92. The van der Waals surface area contributed by atoms with Crippen LogP contribution in [0.15, 0.2) is 35.7 Å². The number of imidazole rings is 2. The summed E-state index contributed by atoms with van der Waals surface area (Å²) in [6.45, 7) is 5.60. The number of aromatic amines is 1. The molecule has 3 aromatic heterocycles. The van der Waals surface area contributed by atoms with Crippen molar-refractivity contribution in [3.05, 3.63) is 63.4 Å². The SMILES string of the molecule is COc1ccc2nc(S(=O)Cc3ncc(C)c(OC)c3C)[nH]c2c1.Cc1ncc([N+](=O)[O-])n1CCO.[Mg]. The number of aliphatic hydroxyl groups excluding tert-OH is 1. The normalized spacial score (nSPS) is 11.3. The molecule has 37 heavy (non-hydrogen) atoms. The second kappa shape index (κ2) is 13.5. The van der Waals surface area contributed by atoms with Crippen LogP contribution in [0, 0.1) is 30.9 Å². The van der Waals surface area contributed by atoms with Gasteiger partial charge in [-0.25, -0.2) is 14.5 Å². The summed E-state index contributed by atoms with van der Waals surface area (Å²) in [5.74, 6) is 2.24. The number of nitrogens with one attached hydrogen (secondary N) is 1. The first-order valence-corrected chi connectivity index (χ1v) is 12.2. The molecule has 0 aliphatic carbocycles. The second-order valence-corrected chi connectivity index (χ2v) is 9.12. The number of aromatic nitrogens is 5. The van der Waals surface area contributed by atoms with Gasteiger partial charge in [-0.1, -0.05) is 0 Å². The van der Waals surface area contributed by atoms with E-state index < -0.39 is 15.7 Å². The maximum absolute atomic E-state index is 12.7. The highest BCUT2D eigenvalue weighted by Gasteiger charge is 2.17. The lowest BCUT2D eigenvalue weighted by Crippen LogP contribution is -2.07. The lowest BCUT2D eigenvalue weighted by molar-refractivity contribution is -0.392. The topological polar surface area (TPSA) is 158 Å². The molecular formula is C23H28MgN6O6S. The van der Waals surface area contributed by atoms with Crippen LogP contribution in [0.2, 0.25) is 0 Å². The van der Waals surface area contributed by atoms with Crippen molar-refractivity contribution in [2.45, 2.75) is 38.2 Å². The Morgan fingerprint density at radius 1 is 1.16 bits per heavy atom. The van der Waals surface area contributed by atoms with Crippen LogP contribution >= 0.6 is 0 Å². The molecule has 2 N–H and O–H groups in total. The number of pyridine rings is 1. The Labute approximate surface area is 232 Å². The molecule has 1 aromatic carbocycles. The van der Waals surface area contributed by atoms with Crippen molar-refractivity contribution >= 4 is 50.7 Å². The molecule has 0 bridgehead atoms. The van der Waals surface area contributed by atoms with E-state index in [2.05, 4.69) is 19.9 Å². The highest BCUT2D eigenvalue weighted by Crippen LogP contribution is 2.26. The minimum Gasteiger partial charge on any atom is -0.497 e. The summed E-state index contributed by atoms with van der Waals surface area (Å²) < 4.78 is 24.6. The Bertz CT molecular complexity index is 1410. The number of hydrogen-bond acceptors (Lipinski definition) is 9. The first kappa shape index (κ1) is 30.2. The molecule has 0 spiro atoms. The van der Waals surface area contributed by atoms with E-state index in [0.717, 1.165) is 39.4 Å². The minimum atomic E-state index is -1.33. The third kappa shape index (κ3) is 7.03. The van der Waals surface area contributed by atoms with E-state index in [1.165, 1.54) is 10.8 Å². The van der Waals surface area contributed by atoms with Crippen LogP contribution in [0.3, 0.4) is 0 Å². The van der Waals surface area contributed by atoms with Crippen molar-refractivity contribution < 1.29 is 23.7 Å². The molecule has 0 fully saturated rings. The van der Waals surface area contributed by atoms with Crippen LogP contribution in [-0.4, -0.2) is 82.6 Å². The lowest BCUT2D eigenvalue weighted by Gasteiger charge is -2.11. The highest BCUT2D eigenvalue weighted by molar-refractivity contribution is 7.84. The molecule has 12 nitrogen and oxygen atoms in total. The van der Waals surface area contributed by atoms with Gasteiger partial charge in [0.05, 0.1) is 54.1 Å². The molecule has 1 unspecified atom stereocenters. The molecular weight excluding hydrogens is 513 g/mol. The minimum absolute atomic E-state index is 0.